The Morgan fingerprint density at radius 1 is 0.667 bits per heavy atom. The molecule has 0 heterocycles. The maximum absolute atomic E-state index is 5.22. The van der Waals surface area contributed by atoms with Crippen LogP contribution in [-0.4, -0.2) is 14.2 Å². The Bertz CT molecular complexity index is 632. The van der Waals surface area contributed by atoms with Crippen molar-refractivity contribution in [2.75, 3.05) is 14.2 Å². The van der Waals surface area contributed by atoms with E-state index in [1.165, 1.54) is 0 Å². The van der Waals surface area contributed by atoms with E-state index in [2.05, 4.69) is 51.3 Å². The van der Waals surface area contributed by atoms with Gasteiger partial charge in [0.2, 0.25) is 0 Å². The van der Waals surface area contributed by atoms with Crippen LogP contribution in [0.4, 0.5) is 0 Å². The van der Waals surface area contributed by atoms with Crippen molar-refractivity contribution in [1.82, 2.24) is 0 Å². The molecule has 0 saturated heterocycles. The zero-order valence-corrected chi connectivity index (χ0v) is 15.0. The van der Waals surface area contributed by atoms with Crippen LogP contribution in [0, 0.1) is 11.8 Å². The molecule has 0 saturated carbocycles. The van der Waals surface area contributed by atoms with Crippen LogP contribution in [0.25, 0.3) is 11.1 Å². The molecular weight excluding hydrogens is 296 g/mol. The molecule has 2 rings (SSSR count). The molecule has 0 aliphatic carbocycles. The van der Waals surface area contributed by atoms with Gasteiger partial charge >= 0.3 is 0 Å². The Labute approximate surface area is 145 Å². The minimum atomic E-state index is 0.285. The zero-order chi connectivity index (χ0) is 17.7. The fourth-order valence-corrected chi connectivity index (χ4v) is 2.74. The molecule has 24 heavy (non-hydrogen) atoms. The second kappa shape index (κ2) is 7.87. The number of benzene rings is 2. The minimum absolute atomic E-state index is 0.285. The van der Waals surface area contributed by atoms with E-state index in [0.717, 1.165) is 33.8 Å². The fourth-order valence-electron chi connectivity index (χ4n) is 2.74. The van der Waals surface area contributed by atoms with Crippen molar-refractivity contribution in [3.63, 3.8) is 0 Å². The molecule has 0 amide bonds. The summed E-state index contributed by atoms with van der Waals surface area (Å²) in [6, 6.07) is 16.1. The van der Waals surface area contributed by atoms with E-state index >= 15 is 0 Å². The molecule has 2 aromatic carbocycles. The van der Waals surface area contributed by atoms with Crippen LogP contribution >= 0.6 is 0 Å². The maximum Gasteiger partial charge on any atom is 0.118 e. The summed E-state index contributed by atoms with van der Waals surface area (Å²) in [5.41, 5.74) is 4.50. The molecule has 2 atom stereocenters. The first-order valence-corrected chi connectivity index (χ1v) is 8.14. The lowest BCUT2D eigenvalue weighted by Crippen LogP contribution is -2.11. The summed E-state index contributed by atoms with van der Waals surface area (Å²) in [5.74, 6) is 2.28. The number of rotatable bonds is 7. The Balaban J connectivity index is 2.12. The van der Waals surface area contributed by atoms with Crippen LogP contribution < -0.4 is 9.47 Å². The van der Waals surface area contributed by atoms with E-state index in [1.807, 2.05) is 24.3 Å². The van der Waals surface area contributed by atoms with Gasteiger partial charge in [0.25, 0.3) is 0 Å². The van der Waals surface area contributed by atoms with Crippen molar-refractivity contribution in [2.24, 2.45) is 11.8 Å². The lowest BCUT2D eigenvalue weighted by Gasteiger charge is -2.25. The molecule has 2 nitrogen and oxygen atoms in total. The smallest absolute Gasteiger partial charge is 0.118 e. The van der Waals surface area contributed by atoms with Gasteiger partial charge in [0.05, 0.1) is 14.2 Å². The average Bonchev–Trinajstić information content (AvgIpc) is 2.65. The third kappa shape index (κ3) is 3.88. The normalized spacial score (nSPS) is 13.0. The van der Waals surface area contributed by atoms with Gasteiger partial charge in [-0.3, -0.25) is 0 Å². The van der Waals surface area contributed by atoms with Gasteiger partial charge in [-0.2, -0.15) is 0 Å². The lowest BCUT2D eigenvalue weighted by molar-refractivity contribution is 0.414. The number of allylic oxidation sites excluding steroid dienone is 2. The van der Waals surface area contributed by atoms with Gasteiger partial charge in [0.1, 0.15) is 11.5 Å². The predicted octanol–water partition coefficient (Wildman–Crippen LogP) is 5.70. The van der Waals surface area contributed by atoms with Crippen molar-refractivity contribution in [3.8, 4) is 11.5 Å². The first-order chi connectivity index (χ1) is 11.5. The van der Waals surface area contributed by atoms with E-state index in [0.29, 0.717) is 0 Å². The molecule has 0 aliphatic rings. The highest BCUT2D eigenvalue weighted by molar-refractivity contribution is 5.72. The van der Waals surface area contributed by atoms with Crippen LogP contribution in [0.15, 0.2) is 61.7 Å². The molecule has 2 aromatic rings. The highest BCUT2D eigenvalue weighted by Crippen LogP contribution is 2.35. The van der Waals surface area contributed by atoms with E-state index in [1.54, 1.807) is 14.2 Å². The van der Waals surface area contributed by atoms with Crippen LogP contribution in [0.2, 0.25) is 0 Å². The van der Waals surface area contributed by atoms with Gasteiger partial charge in [-0.25, -0.2) is 0 Å². The van der Waals surface area contributed by atoms with Gasteiger partial charge in [0, 0.05) is 0 Å². The van der Waals surface area contributed by atoms with Gasteiger partial charge in [-0.1, -0.05) is 51.3 Å². The van der Waals surface area contributed by atoms with Gasteiger partial charge in [0.15, 0.2) is 0 Å². The molecule has 0 unspecified atom stereocenters. The SMILES string of the molecule is C=C(c1ccc(OC)cc1)[C@H](C)[C@@H](C)C(=C)c1ccc(OC)cc1. The third-order valence-electron chi connectivity index (χ3n) is 4.77. The summed E-state index contributed by atoms with van der Waals surface area (Å²) in [6.45, 7) is 13.0. The first-order valence-electron chi connectivity index (χ1n) is 8.14. The number of methoxy groups -OCH3 is 2. The molecule has 126 valence electrons. The monoisotopic (exact) mass is 322 g/mol. The van der Waals surface area contributed by atoms with Crippen molar-refractivity contribution in [1.29, 1.82) is 0 Å². The van der Waals surface area contributed by atoms with Crippen LogP contribution in [0.1, 0.15) is 25.0 Å². The van der Waals surface area contributed by atoms with Crippen LogP contribution in [-0.2, 0) is 0 Å². The van der Waals surface area contributed by atoms with Gasteiger partial charge in [-0.15, -0.1) is 0 Å². The summed E-state index contributed by atoms with van der Waals surface area (Å²) < 4.78 is 10.4. The minimum Gasteiger partial charge on any atom is -0.497 e. The van der Waals surface area contributed by atoms with Crippen LogP contribution in [0.5, 0.6) is 11.5 Å². The van der Waals surface area contributed by atoms with Crippen molar-refractivity contribution in [2.45, 2.75) is 13.8 Å². The number of hydrogen-bond donors (Lipinski definition) is 0. The molecule has 0 aromatic heterocycles. The maximum atomic E-state index is 5.22. The average molecular weight is 322 g/mol. The van der Waals surface area contributed by atoms with Crippen molar-refractivity contribution in [3.05, 3.63) is 72.8 Å². The summed E-state index contributed by atoms with van der Waals surface area (Å²) in [5, 5.41) is 0. The summed E-state index contributed by atoms with van der Waals surface area (Å²) in [4.78, 5) is 0. The van der Waals surface area contributed by atoms with E-state index in [4.69, 9.17) is 9.47 Å². The molecule has 0 spiro atoms. The van der Waals surface area contributed by atoms with E-state index in [9.17, 15) is 0 Å². The van der Waals surface area contributed by atoms with Crippen LogP contribution in [0.3, 0.4) is 0 Å². The topological polar surface area (TPSA) is 18.5 Å². The second-order valence-corrected chi connectivity index (χ2v) is 6.08. The second-order valence-electron chi connectivity index (χ2n) is 6.08. The lowest BCUT2D eigenvalue weighted by atomic mass is 9.80. The largest absolute Gasteiger partial charge is 0.497 e. The summed E-state index contributed by atoms with van der Waals surface area (Å²) in [6.07, 6.45) is 0. The zero-order valence-electron chi connectivity index (χ0n) is 15.0. The molecule has 0 N–H and O–H groups in total. The van der Waals surface area contributed by atoms with E-state index in [-0.39, 0.29) is 11.8 Å². The number of ether oxygens (including phenoxy) is 2. The standard InChI is InChI=1S/C22H26O2/c1-15(17(3)19-7-11-21(23-5)12-8-19)16(2)18(4)20-9-13-22(24-6)14-10-20/h7-16H,3-4H2,1-2,5-6H3/t15-,16-/m1/s1. The molecule has 0 aliphatic heterocycles. The van der Waals surface area contributed by atoms with E-state index < -0.39 is 0 Å². The molecule has 0 radical (unpaired) electrons. The quantitative estimate of drug-likeness (QED) is 0.650. The summed E-state index contributed by atoms with van der Waals surface area (Å²) in [7, 11) is 3.35. The summed E-state index contributed by atoms with van der Waals surface area (Å²) >= 11 is 0. The molecule has 0 bridgehead atoms. The third-order valence-corrected chi connectivity index (χ3v) is 4.77. The van der Waals surface area contributed by atoms with Gasteiger partial charge < -0.3 is 9.47 Å². The Kier molecular flexibility index (Phi) is 5.86. The first kappa shape index (κ1) is 17.9. The van der Waals surface area contributed by atoms with Crippen molar-refractivity contribution < 1.29 is 9.47 Å². The molecule has 0 fully saturated rings. The highest BCUT2D eigenvalue weighted by atomic mass is 16.5. The molecule has 2 heteroatoms. The molecular formula is C22H26O2. The number of hydrogen-bond acceptors (Lipinski definition) is 2. The predicted molar refractivity (Wildman–Crippen MR) is 102 cm³/mol. The van der Waals surface area contributed by atoms with Gasteiger partial charge in [-0.05, 0) is 58.4 Å². The van der Waals surface area contributed by atoms with Crippen molar-refractivity contribution >= 4 is 11.1 Å². The highest BCUT2D eigenvalue weighted by Gasteiger charge is 2.20. The Morgan fingerprint density at radius 2 is 0.958 bits per heavy atom. The fraction of sp³-hybridized carbons (Fsp3) is 0.273. The Hall–Kier alpha value is -2.48. The Morgan fingerprint density at radius 3 is 1.21 bits per heavy atom.